The first-order chi connectivity index (χ1) is 39.3. The molecule has 3 aliphatic carbocycles. The molecule has 0 fully saturated rings. The van der Waals surface area contributed by atoms with Crippen molar-refractivity contribution in [3.05, 3.63) is 202 Å². The van der Waals surface area contributed by atoms with Gasteiger partial charge in [-0.2, -0.15) is 0 Å². The number of anilines is 9. The summed E-state index contributed by atoms with van der Waals surface area (Å²) in [6.07, 6.45) is 5.79. The Morgan fingerprint density at radius 1 is 0.381 bits per heavy atom. The minimum absolute atomic E-state index is 0.00135. The van der Waals surface area contributed by atoms with E-state index in [4.69, 9.17) is 0 Å². The summed E-state index contributed by atoms with van der Waals surface area (Å²) in [6, 6.07) is 61.0. The molecule has 430 valence electrons. The molecule has 0 bridgehead atoms. The summed E-state index contributed by atoms with van der Waals surface area (Å²) in [6.45, 7) is 45.9. The molecule has 0 N–H and O–H groups in total. The summed E-state index contributed by atoms with van der Waals surface area (Å²) < 4.78 is 0. The molecular weight excluding hydrogens is 1010 g/mol. The molecule has 2 heterocycles. The van der Waals surface area contributed by atoms with Crippen LogP contribution >= 0.6 is 0 Å². The number of fused-ring (bicyclic) bond motifs is 7. The van der Waals surface area contributed by atoms with Gasteiger partial charge in [0.1, 0.15) is 0 Å². The van der Waals surface area contributed by atoms with E-state index in [1.54, 1.807) is 0 Å². The summed E-state index contributed by atoms with van der Waals surface area (Å²) in [4.78, 5) is 7.95. The molecule has 8 aromatic carbocycles. The topological polar surface area (TPSA) is 9.72 Å². The highest BCUT2D eigenvalue weighted by atomic mass is 15.2. The second kappa shape index (κ2) is 18.6. The smallest absolute Gasteiger partial charge is 0.252 e. The van der Waals surface area contributed by atoms with E-state index in [9.17, 15) is 0 Å². The first kappa shape index (κ1) is 56.4. The monoisotopic (exact) mass is 1110 g/mol. The fourth-order valence-corrected chi connectivity index (χ4v) is 16.3. The Bertz CT molecular complexity index is 3900. The highest BCUT2D eigenvalue weighted by Crippen LogP contribution is 2.56. The van der Waals surface area contributed by atoms with Crippen LogP contribution in [0.1, 0.15) is 207 Å². The molecule has 0 saturated heterocycles. The number of hydrogen-bond donors (Lipinski definition) is 0. The first-order valence-electron chi connectivity index (χ1n) is 31.7. The van der Waals surface area contributed by atoms with Gasteiger partial charge in [-0.25, -0.2) is 0 Å². The Morgan fingerprint density at radius 3 is 1.39 bits per heavy atom. The van der Waals surface area contributed by atoms with Gasteiger partial charge in [0.15, 0.2) is 0 Å². The maximum Gasteiger partial charge on any atom is 0.252 e. The van der Waals surface area contributed by atoms with Gasteiger partial charge in [0.05, 0.1) is 5.69 Å². The molecule has 0 radical (unpaired) electrons. The zero-order chi connectivity index (χ0) is 59.8. The van der Waals surface area contributed by atoms with E-state index in [1.807, 2.05) is 0 Å². The molecule has 0 spiro atoms. The van der Waals surface area contributed by atoms with Gasteiger partial charge in [0.2, 0.25) is 0 Å². The van der Waals surface area contributed by atoms with E-state index < -0.39 is 0 Å². The third-order valence-electron chi connectivity index (χ3n) is 21.3. The van der Waals surface area contributed by atoms with Crippen LogP contribution in [-0.4, -0.2) is 6.71 Å². The van der Waals surface area contributed by atoms with Crippen LogP contribution in [0, 0.1) is 6.92 Å². The second-order valence-corrected chi connectivity index (χ2v) is 32.4. The van der Waals surface area contributed by atoms with Gasteiger partial charge >= 0.3 is 0 Å². The lowest BCUT2D eigenvalue weighted by Gasteiger charge is -2.46. The Morgan fingerprint density at radius 2 is 0.845 bits per heavy atom. The van der Waals surface area contributed by atoms with Crippen LogP contribution in [0.15, 0.2) is 152 Å². The molecule has 5 aliphatic rings. The third-order valence-corrected chi connectivity index (χ3v) is 21.3. The highest BCUT2D eigenvalue weighted by Gasteiger charge is 2.49. The van der Waals surface area contributed by atoms with Crippen molar-refractivity contribution in [3.63, 3.8) is 0 Å². The van der Waals surface area contributed by atoms with Gasteiger partial charge < -0.3 is 14.7 Å². The quantitative estimate of drug-likeness (QED) is 0.154. The normalized spacial score (nSPS) is 18.9. The van der Waals surface area contributed by atoms with Crippen molar-refractivity contribution in [2.24, 2.45) is 0 Å². The average molecular weight is 1110 g/mol. The van der Waals surface area contributed by atoms with Gasteiger partial charge in [-0.05, 0) is 233 Å². The van der Waals surface area contributed by atoms with Crippen LogP contribution in [0.3, 0.4) is 0 Å². The van der Waals surface area contributed by atoms with Gasteiger partial charge in [0.25, 0.3) is 6.71 Å². The van der Waals surface area contributed by atoms with Gasteiger partial charge in [-0.15, -0.1) is 0 Å². The van der Waals surface area contributed by atoms with Crippen LogP contribution in [0.5, 0.6) is 0 Å². The Balaban J connectivity index is 1.12. The van der Waals surface area contributed by atoms with Crippen molar-refractivity contribution in [1.82, 2.24) is 0 Å². The Labute approximate surface area is 506 Å². The lowest BCUT2D eigenvalue weighted by molar-refractivity contribution is 0.332. The lowest BCUT2D eigenvalue weighted by Crippen LogP contribution is -2.61. The maximum absolute atomic E-state index is 2.69. The van der Waals surface area contributed by atoms with E-state index in [0.717, 1.165) is 19.3 Å². The summed E-state index contributed by atoms with van der Waals surface area (Å²) >= 11 is 0. The van der Waals surface area contributed by atoms with Crippen LogP contribution < -0.4 is 31.1 Å². The summed E-state index contributed by atoms with van der Waals surface area (Å²) in [7, 11) is 0. The SMILES string of the molecule is Cc1cc2c3c(c1)N(c1ccc(C(C)(C)C)cc1-c1ccccc1)c1cc4c(cc1B3c1ccc(N(c3ccc5c(c3)C(C)(C)CCC5(C)C)c3ccc5c(c3)C(C)(C)CCC5(C)C)cc1N2c1ccc(C(C)(C)C)cc1)C(C)(C)CC4(C)C. The highest BCUT2D eigenvalue weighted by molar-refractivity contribution is 7.00. The number of hydrogen-bond acceptors (Lipinski definition) is 3. The van der Waals surface area contributed by atoms with E-state index in [1.165, 1.54) is 142 Å². The maximum atomic E-state index is 2.69. The van der Waals surface area contributed by atoms with Crippen LogP contribution in [-0.2, 0) is 43.3 Å². The van der Waals surface area contributed by atoms with Crippen molar-refractivity contribution in [3.8, 4) is 11.1 Å². The van der Waals surface area contributed by atoms with Crippen molar-refractivity contribution in [2.45, 2.75) is 207 Å². The van der Waals surface area contributed by atoms with Crippen LogP contribution in [0.2, 0.25) is 0 Å². The zero-order valence-electron chi connectivity index (χ0n) is 54.4. The molecule has 0 unspecified atom stereocenters. The van der Waals surface area contributed by atoms with Crippen molar-refractivity contribution in [2.75, 3.05) is 14.7 Å². The lowest BCUT2D eigenvalue weighted by atomic mass is 9.33. The third kappa shape index (κ3) is 8.95. The molecule has 4 heteroatoms. The molecule has 13 rings (SSSR count). The van der Waals surface area contributed by atoms with Crippen molar-refractivity contribution in [1.29, 1.82) is 0 Å². The minimum Gasteiger partial charge on any atom is -0.311 e. The number of nitrogens with zero attached hydrogens (tertiary/aromatic N) is 3. The Kier molecular flexibility index (Phi) is 12.5. The van der Waals surface area contributed by atoms with Gasteiger partial charge in [0, 0.05) is 51.1 Å². The van der Waals surface area contributed by atoms with Crippen LogP contribution in [0.25, 0.3) is 11.1 Å². The minimum atomic E-state index is -0.0400. The Hall–Kier alpha value is -6.78. The molecule has 0 amide bonds. The number of benzene rings is 8. The average Bonchev–Trinajstić information content (AvgIpc) is 1.06. The summed E-state index contributed by atoms with van der Waals surface area (Å²) in [5, 5.41) is 0. The summed E-state index contributed by atoms with van der Waals surface area (Å²) in [5.41, 5.74) is 30.6. The molecule has 3 nitrogen and oxygen atoms in total. The molecule has 0 saturated carbocycles. The van der Waals surface area contributed by atoms with Gasteiger partial charge in [-0.3, -0.25) is 0 Å². The molecule has 8 aromatic rings. The fraction of sp³-hybridized carbons (Fsp3) is 0.400. The first-order valence-corrected chi connectivity index (χ1v) is 31.7. The van der Waals surface area contributed by atoms with E-state index in [0.29, 0.717) is 0 Å². The molecule has 0 aromatic heterocycles. The van der Waals surface area contributed by atoms with E-state index in [2.05, 4.69) is 298 Å². The van der Waals surface area contributed by atoms with E-state index in [-0.39, 0.29) is 50.0 Å². The van der Waals surface area contributed by atoms with Crippen molar-refractivity contribution < 1.29 is 0 Å². The molecule has 84 heavy (non-hydrogen) atoms. The molecule has 0 atom stereocenters. The summed E-state index contributed by atoms with van der Waals surface area (Å²) in [5.74, 6) is 0. The predicted molar refractivity (Wildman–Crippen MR) is 364 cm³/mol. The number of aryl methyl sites for hydroxylation is 1. The predicted octanol–water partition coefficient (Wildman–Crippen LogP) is 20.5. The standard InChI is InChI=1S/C80H92BN3/c1-50-41-70-72-71(42-50)84(67-36-27-53(74(5,6)7)43-58(67)51-23-21-20-22-24-51)69-48-64-63(79(16,17)49-80(64,18)19)47-66(69)81(72)65-35-32-57(46-68(65)83(70)54-28-25-52(26-29-54)73(2,3)4)82(55-30-33-59-61(44-55)77(12,13)39-37-75(59,8)9)56-31-34-60-62(45-56)78(14,15)40-38-76(60,10)11/h20-36,41-48H,37-40,49H2,1-19H3. The zero-order valence-corrected chi connectivity index (χ0v) is 54.4. The van der Waals surface area contributed by atoms with E-state index >= 15 is 0 Å². The molecule has 2 aliphatic heterocycles. The van der Waals surface area contributed by atoms with Gasteiger partial charge in [-0.1, -0.05) is 197 Å². The second-order valence-electron chi connectivity index (χ2n) is 32.4. The fourth-order valence-electron chi connectivity index (χ4n) is 16.3. The molecular formula is C80H92BN3. The largest absolute Gasteiger partial charge is 0.311 e. The number of rotatable bonds is 6. The van der Waals surface area contributed by atoms with Crippen LogP contribution in [0.4, 0.5) is 51.2 Å². The van der Waals surface area contributed by atoms with Crippen molar-refractivity contribution >= 4 is 74.3 Å².